The molecule has 0 aromatic carbocycles. The molecule has 1 aliphatic rings. The van der Waals surface area contributed by atoms with E-state index in [0.29, 0.717) is 18.2 Å². The average Bonchev–Trinajstić information content (AvgIpc) is 2.08. The van der Waals surface area contributed by atoms with Crippen molar-refractivity contribution in [1.29, 1.82) is 0 Å². The summed E-state index contributed by atoms with van der Waals surface area (Å²) in [5, 5.41) is 3.51. The van der Waals surface area contributed by atoms with E-state index in [0.717, 1.165) is 6.54 Å². The van der Waals surface area contributed by atoms with Gasteiger partial charge < -0.3 is 10.1 Å². The summed E-state index contributed by atoms with van der Waals surface area (Å²) in [5.41, 5.74) is 0. The maximum Gasteiger partial charge on any atom is 0.0731 e. The van der Waals surface area contributed by atoms with Gasteiger partial charge in [0.2, 0.25) is 0 Å². The molecule has 13 heavy (non-hydrogen) atoms. The molecule has 0 aromatic rings. The third kappa shape index (κ3) is 3.65. The summed E-state index contributed by atoms with van der Waals surface area (Å²) < 4.78 is 5.89. The number of hydrogen-bond donors (Lipinski definition) is 1. The van der Waals surface area contributed by atoms with Crippen LogP contribution >= 0.6 is 0 Å². The molecule has 2 atom stereocenters. The molecule has 1 rings (SSSR count). The van der Waals surface area contributed by atoms with Gasteiger partial charge in [0, 0.05) is 6.04 Å². The van der Waals surface area contributed by atoms with Crippen molar-refractivity contribution >= 4 is 0 Å². The Hall–Kier alpha value is -0.0800. The van der Waals surface area contributed by atoms with Gasteiger partial charge in [-0.3, -0.25) is 0 Å². The molecule has 0 spiro atoms. The van der Waals surface area contributed by atoms with Gasteiger partial charge in [0.15, 0.2) is 0 Å². The van der Waals surface area contributed by atoms with Crippen LogP contribution < -0.4 is 5.32 Å². The monoisotopic (exact) mass is 185 g/mol. The van der Waals surface area contributed by atoms with Crippen LogP contribution in [0.2, 0.25) is 0 Å². The van der Waals surface area contributed by atoms with E-state index >= 15 is 0 Å². The minimum absolute atomic E-state index is 0.365. The molecule has 0 aliphatic heterocycles. The predicted molar refractivity (Wildman–Crippen MR) is 55.9 cm³/mol. The van der Waals surface area contributed by atoms with Crippen molar-refractivity contribution in [3.8, 4) is 0 Å². The smallest absolute Gasteiger partial charge is 0.0731 e. The zero-order valence-corrected chi connectivity index (χ0v) is 9.18. The van der Waals surface area contributed by atoms with Crippen LogP contribution in [0.5, 0.6) is 0 Å². The Kier molecular flexibility index (Phi) is 4.74. The molecule has 2 heteroatoms. The fraction of sp³-hybridized carbons (Fsp3) is 1.00. The second kappa shape index (κ2) is 5.61. The van der Waals surface area contributed by atoms with Gasteiger partial charge in [-0.25, -0.2) is 0 Å². The van der Waals surface area contributed by atoms with Crippen LogP contribution in [0.3, 0.4) is 0 Å². The van der Waals surface area contributed by atoms with Crippen LogP contribution in [0.25, 0.3) is 0 Å². The number of rotatable bonds is 4. The zero-order valence-electron chi connectivity index (χ0n) is 9.18. The maximum atomic E-state index is 5.89. The van der Waals surface area contributed by atoms with Crippen LogP contribution in [0.4, 0.5) is 0 Å². The highest BCUT2D eigenvalue weighted by Crippen LogP contribution is 2.22. The van der Waals surface area contributed by atoms with E-state index in [9.17, 15) is 0 Å². The summed E-state index contributed by atoms with van der Waals surface area (Å²) >= 11 is 0. The number of ether oxygens (including phenoxy) is 1. The molecule has 0 saturated heterocycles. The fourth-order valence-electron chi connectivity index (χ4n) is 2.11. The SMILES string of the molecule is CCN[C@@H]1CCCC[C@@H]1OC(C)C. The normalized spacial score (nSPS) is 29.5. The Morgan fingerprint density at radius 3 is 2.62 bits per heavy atom. The van der Waals surface area contributed by atoms with E-state index in [4.69, 9.17) is 4.74 Å². The van der Waals surface area contributed by atoms with Crippen molar-refractivity contribution in [3.05, 3.63) is 0 Å². The van der Waals surface area contributed by atoms with E-state index in [1.54, 1.807) is 0 Å². The van der Waals surface area contributed by atoms with Crippen molar-refractivity contribution in [2.45, 2.75) is 64.7 Å². The van der Waals surface area contributed by atoms with Gasteiger partial charge in [0.05, 0.1) is 12.2 Å². The first-order chi connectivity index (χ1) is 6.24. The Morgan fingerprint density at radius 1 is 1.31 bits per heavy atom. The van der Waals surface area contributed by atoms with Gasteiger partial charge in [0.1, 0.15) is 0 Å². The van der Waals surface area contributed by atoms with Crippen LogP contribution in [-0.2, 0) is 4.74 Å². The minimum Gasteiger partial charge on any atom is -0.374 e. The van der Waals surface area contributed by atoms with Gasteiger partial charge in [-0.05, 0) is 33.2 Å². The summed E-state index contributed by atoms with van der Waals surface area (Å²) in [6.07, 6.45) is 6.02. The average molecular weight is 185 g/mol. The standard InChI is InChI=1S/C11H23NO/c1-4-12-10-7-5-6-8-11(10)13-9(2)3/h9-12H,4-8H2,1-3H3/t10-,11+/m1/s1. The lowest BCUT2D eigenvalue weighted by Gasteiger charge is -2.33. The predicted octanol–water partition coefficient (Wildman–Crippen LogP) is 2.33. The van der Waals surface area contributed by atoms with Crippen molar-refractivity contribution in [3.63, 3.8) is 0 Å². The van der Waals surface area contributed by atoms with Crippen LogP contribution in [0.1, 0.15) is 46.5 Å². The number of nitrogens with one attached hydrogen (secondary N) is 1. The Balaban J connectivity index is 2.36. The number of hydrogen-bond acceptors (Lipinski definition) is 2. The summed E-state index contributed by atoms with van der Waals surface area (Å²) in [5.74, 6) is 0. The maximum absolute atomic E-state index is 5.89. The second-order valence-corrected chi connectivity index (χ2v) is 4.17. The van der Waals surface area contributed by atoms with Crippen LogP contribution in [0.15, 0.2) is 0 Å². The van der Waals surface area contributed by atoms with E-state index in [1.165, 1.54) is 25.7 Å². The Morgan fingerprint density at radius 2 is 2.00 bits per heavy atom. The molecule has 0 aromatic heterocycles. The first-order valence-electron chi connectivity index (χ1n) is 5.63. The fourth-order valence-corrected chi connectivity index (χ4v) is 2.11. The molecule has 0 unspecified atom stereocenters. The van der Waals surface area contributed by atoms with Gasteiger partial charge in [-0.1, -0.05) is 19.8 Å². The molecular formula is C11H23NO. The molecule has 1 fully saturated rings. The van der Waals surface area contributed by atoms with Crippen molar-refractivity contribution in [2.24, 2.45) is 0 Å². The molecule has 1 N–H and O–H groups in total. The molecule has 78 valence electrons. The van der Waals surface area contributed by atoms with E-state index in [-0.39, 0.29) is 0 Å². The van der Waals surface area contributed by atoms with Crippen molar-refractivity contribution < 1.29 is 4.74 Å². The Labute approximate surface area is 82.0 Å². The topological polar surface area (TPSA) is 21.3 Å². The first-order valence-corrected chi connectivity index (χ1v) is 5.63. The molecular weight excluding hydrogens is 162 g/mol. The summed E-state index contributed by atoms with van der Waals surface area (Å²) in [4.78, 5) is 0. The molecule has 0 bridgehead atoms. The quantitative estimate of drug-likeness (QED) is 0.726. The van der Waals surface area contributed by atoms with Gasteiger partial charge >= 0.3 is 0 Å². The van der Waals surface area contributed by atoms with Crippen LogP contribution in [0, 0.1) is 0 Å². The molecule has 0 radical (unpaired) electrons. The first kappa shape index (κ1) is 11.0. The lowest BCUT2D eigenvalue weighted by molar-refractivity contribution is -0.0304. The second-order valence-electron chi connectivity index (χ2n) is 4.17. The van der Waals surface area contributed by atoms with E-state index < -0.39 is 0 Å². The largest absolute Gasteiger partial charge is 0.374 e. The zero-order chi connectivity index (χ0) is 9.68. The summed E-state index contributed by atoms with van der Waals surface area (Å²) in [6.45, 7) is 7.47. The third-order valence-corrected chi connectivity index (χ3v) is 2.62. The van der Waals surface area contributed by atoms with Gasteiger partial charge in [0.25, 0.3) is 0 Å². The van der Waals surface area contributed by atoms with Crippen molar-refractivity contribution in [1.82, 2.24) is 5.32 Å². The van der Waals surface area contributed by atoms with E-state index in [1.807, 2.05) is 0 Å². The third-order valence-electron chi connectivity index (χ3n) is 2.62. The minimum atomic E-state index is 0.365. The highest BCUT2D eigenvalue weighted by Gasteiger charge is 2.25. The van der Waals surface area contributed by atoms with Crippen molar-refractivity contribution in [2.75, 3.05) is 6.54 Å². The van der Waals surface area contributed by atoms with Gasteiger partial charge in [-0.15, -0.1) is 0 Å². The molecule has 0 amide bonds. The Bertz CT molecular complexity index is 134. The van der Waals surface area contributed by atoms with E-state index in [2.05, 4.69) is 26.1 Å². The highest BCUT2D eigenvalue weighted by molar-refractivity contribution is 4.81. The summed E-state index contributed by atoms with van der Waals surface area (Å²) in [6, 6.07) is 0.598. The summed E-state index contributed by atoms with van der Waals surface area (Å²) in [7, 11) is 0. The lowest BCUT2D eigenvalue weighted by atomic mass is 9.92. The molecule has 1 aliphatic carbocycles. The molecule has 1 saturated carbocycles. The van der Waals surface area contributed by atoms with Gasteiger partial charge in [-0.2, -0.15) is 0 Å². The lowest BCUT2D eigenvalue weighted by Crippen LogP contribution is -2.44. The molecule has 0 heterocycles. The highest BCUT2D eigenvalue weighted by atomic mass is 16.5. The van der Waals surface area contributed by atoms with Crippen LogP contribution in [-0.4, -0.2) is 24.8 Å². The number of likely N-dealkylation sites (N-methyl/N-ethyl adjacent to an activating group) is 1. The molecule has 2 nitrogen and oxygen atoms in total.